The van der Waals surface area contributed by atoms with E-state index < -0.39 is 10.0 Å². The summed E-state index contributed by atoms with van der Waals surface area (Å²) >= 11 is 0. The van der Waals surface area contributed by atoms with Crippen molar-refractivity contribution in [2.24, 2.45) is 0 Å². The van der Waals surface area contributed by atoms with Crippen molar-refractivity contribution in [3.8, 4) is 0 Å². The molecular weight excluding hydrogens is 380 g/mol. The van der Waals surface area contributed by atoms with Crippen LogP contribution in [0.3, 0.4) is 0 Å². The highest BCUT2D eigenvalue weighted by molar-refractivity contribution is 7.89. The molecule has 0 radical (unpaired) electrons. The number of sulfonamides is 1. The summed E-state index contributed by atoms with van der Waals surface area (Å²) in [5.41, 5.74) is 0.822. The molecule has 8 heteroatoms. The molecule has 156 valence electrons. The molecular formula is C20H30N2O5S. The second-order valence-corrected chi connectivity index (χ2v) is 9.25. The Hall–Kier alpha value is -1.48. The highest BCUT2D eigenvalue weighted by Crippen LogP contribution is 2.29. The summed E-state index contributed by atoms with van der Waals surface area (Å²) < 4.78 is 38.5. The fourth-order valence-electron chi connectivity index (χ4n) is 4.21. The molecule has 1 amide bonds. The summed E-state index contributed by atoms with van der Waals surface area (Å²) in [6, 6.07) is 7.10. The average Bonchev–Trinajstić information content (AvgIpc) is 3.19. The van der Waals surface area contributed by atoms with Gasteiger partial charge in [-0.1, -0.05) is 25.1 Å². The molecule has 2 fully saturated rings. The first-order valence-corrected chi connectivity index (χ1v) is 11.4. The third kappa shape index (κ3) is 4.40. The van der Waals surface area contributed by atoms with E-state index in [-0.39, 0.29) is 24.6 Å². The molecule has 1 aromatic carbocycles. The van der Waals surface area contributed by atoms with Gasteiger partial charge in [-0.2, -0.15) is 4.31 Å². The molecule has 2 saturated heterocycles. The van der Waals surface area contributed by atoms with E-state index in [9.17, 15) is 13.2 Å². The first-order chi connectivity index (χ1) is 13.5. The standard InChI is InChI=1S/C20H30N2O5S/c1-3-16-6-4-5-7-19(16)28(24,25)21-11-8-18(14-21)22(20(23)15-26-2)17-9-12-27-13-10-17/h4-7,17-18H,3,8-15H2,1-2H3. The lowest BCUT2D eigenvalue weighted by atomic mass is 10.0. The Morgan fingerprint density at radius 2 is 1.93 bits per heavy atom. The number of carbonyl (C=O) groups excluding carboxylic acids is 1. The van der Waals surface area contributed by atoms with Crippen molar-refractivity contribution in [3.63, 3.8) is 0 Å². The smallest absolute Gasteiger partial charge is 0.249 e. The maximum atomic E-state index is 13.2. The zero-order valence-electron chi connectivity index (χ0n) is 16.7. The molecule has 1 unspecified atom stereocenters. The van der Waals surface area contributed by atoms with E-state index in [2.05, 4.69) is 0 Å². The van der Waals surface area contributed by atoms with Gasteiger partial charge in [-0.3, -0.25) is 4.79 Å². The maximum Gasteiger partial charge on any atom is 0.249 e. The maximum absolute atomic E-state index is 13.2. The van der Waals surface area contributed by atoms with Crippen LogP contribution in [0.4, 0.5) is 0 Å². The van der Waals surface area contributed by atoms with Gasteiger partial charge in [-0.25, -0.2) is 8.42 Å². The molecule has 0 spiro atoms. The van der Waals surface area contributed by atoms with E-state index in [1.165, 1.54) is 11.4 Å². The van der Waals surface area contributed by atoms with Crippen LogP contribution in [0.15, 0.2) is 29.2 Å². The van der Waals surface area contributed by atoms with Crippen LogP contribution in [0.1, 0.15) is 31.7 Å². The third-order valence-corrected chi connectivity index (χ3v) is 7.60. The van der Waals surface area contributed by atoms with Crippen LogP contribution in [0.25, 0.3) is 0 Å². The molecule has 28 heavy (non-hydrogen) atoms. The molecule has 3 rings (SSSR count). The lowest BCUT2D eigenvalue weighted by Gasteiger charge is -2.38. The SMILES string of the molecule is CCc1ccccc1S(=O)(=O)N1CCC(N(C(=O)COC)C2CCOCC2)C1. The molecule has 1 atom stereocenters. The fourth-order valence-corrected chi connectivity index (χ4v) is 6.00. The minimum absolute atomic E-state index is 0.0132. The second-order valence-electron chi connectivity index (χ2n) is 7.34. The monoisotopic (exact) mass is 410 g/mol. The van der Waals surface area contributed by atoms with E-state index in [1.807, 2.05) is 24.0 Å². The first-order valence-electron chi connectivity index (χ1n) is 9.95. The van der Waals surface area contributed by atoms with Gasteiger partial charge in [0.1, 0.15) is 6.61 Å². The Labute approximate surface area is 167 Å². The second kappa shape index (κ2) is 9.35. The van der Waals surface area contributed by atoms with Crippen LogP contribution >= 0.6 is 0 Å². The first kappa shape index (κ1) is 21.2. The van der Waals surface area contributed by atoms with Gasteiger partial charge in [0.2, 0.25) is 15.9 Å². The Morgan fingerprint density at radius 1 is 1.21 bits per heavy atom. The number of methoxy groups -OCH3 is 1. The summed E-state index contributed by atoms with van der Waals surface area (Å²) in [5.74, 6) is -0.0763. The molecule has 1 aromatic rings. The number of hydrogen-bond donors (Lipinski definition) is 0. The van der Waals surface area contributed by atoms with Gasteiger partial charge < -0.3 is 14.4 Å². The van der Waals surface area contributed by atoms with Crippen LogP contribution in [-0.4, -0.2) is 75.6 Å². The van der Waals surface area contributed by atoms with Gasteiger partial charge in [0, 0.05) is 45.5 Å². The fraction of sp³-hybridized carbons (Fsp3) is 0.650. The summed E-state index contributed by atoms with van der Waals surface area (Å²) in [4.78, 5) is 15.0. The predicted molar refractivity (Wildman–Crippen MR) is 106 cm³/mol. The topological polar surface area (TPSA) is 76.2 Å². The Kier molecular flexibility index (Phi) is 7.09. The van der Waals surface area contributed by atoms with E-state index in [1.54, 1.807) is 12.1 Å². The summed E-state index contributed by atoms with van der Waals surface area (Å²) in [6.07, 6.45) is 2.85. The largest absolute Gasteiger partial charge is 0.381 e. The van der Waals surface area contributed by atoms with Crippen molar-refractivity contribution >= 4 is 15.9 Å². The Morgan fingerprint density at radius 3 is 2.61 bits per heavy atom. The van der Waals surface area contributed by atoms with E-state index >= 15 is 0 Å². The van der Waals surface area contributed by atoms with E-state index in [0.29, 0.717) is 44.0 Å². The van der Waals surface area contributed by atoms with Crippen LogP contribution < -0.4 is 0 Å². The van der Waals surface area contributed by atoms with Crippen LogP contribution in [0.5, 0.6) is 0 Å². The highest BCUT2D eigenvalue weighted by Gasteiger charge is 2.40. The number of carbonyl (C=O) groups is 1. The van der Waals surface area contributed by atoms with Gasteiger partial charge in [-0.05, 0) is 37.3 Å². The number of aryl methyl sites for hydroxylation is 1. The molecule has 2 aliphatic heterocycles. The molecule has 2 aliphatic rings. The number of benzene rings is 1. The van der Waals surface area contributed by atoms with Crippen LogP contribution in [0.2, 0.25) is 0 Å². The third-order valence-electron chi connectivity index (χ3n) is 5.63. The Balaban J connectivity index is 1.80. The number of ether oxygens (including phenoxy) is 2. The molecule has 0 bridgehead atoms. The lowest BCUT2D eigenvalue weighted by molar-refractivity contribution is -0.142. The number of amides is 1. The van der Waals surface area contributed by atoms with Crippen molar-refractivity contribution < 1.29 is 22.7 Å². The average molecular weight is 411 g/mol. The molecule has 0 aliphatic carbocycles. The van der Waals surface area contributed by atoms with Crippen molar-refractivity contribution in [1.82, 2.24) is 9.21 Å². The number of hydrogen-bond acceptors (Lipinski definition) is 5. The summed E-state index contributed by atoms with van der Waals surface area (Å²) in [7, 11) is -2.07. The lowest BCUT2D eigenvalue weighted by Crippen LogP contribution is -2.51. The van der Waals surface area contributed by atoms with Crippen molar-refractivity contribution in [2.45, 2.75) is 49.6 Å². The van der Waals surface area contributed by atoms with Crippen molar-refractivity contribution in [2.75, 3.05) is 40.0 Å². The van der Waals surface area contributed by atoms with E-state index in [0.717, 1.165) is 18.4 Å². The number of nitrogens with zero attached hydrogens (tertiary/aromatic N) is 2. The number of rotatable bonds is 7. The minimum atomic E-state index is -3.58. The van der Waals surface area contributed by atoms with Crippen LogP contribution in [0, 0.1) is 0 Å². The molecule has 0 N–H and O–H groups in total. The van der Waals surface area contributed by atoms with Gasteiger partial charge in [0.25, 0.3) is 0 Å². The van der Waals surface area contributed by atoms with Gasteiger partial charge >= 0.3 is 0 Å². The summed E-state index contributed by atoms with van der Waals surface area (Å²) in [5, 5.41) is 0. The Bertz CT molecular complexity index is 777. The van der Waals surface area contributed by atoms with Gasteiger partial charge in [0.05, 0.1) is 4.90 Å². The quantitative estimate of drug-likeness (QED) is 0.683. The van der Waals surface area contributed by atoms with Crippen molar-refractivity contribution in [1.29, 1.82) is 0 Å². The molecule has 0 aromatic heterocycles. The highest BCUT2D eigenvalue weighted by atomic mass is 32.2. The zero-order chi connectivity index (χ0) is 20.1. The van der Waals surface area contributed by atoms with Crippen LogP contribution in [-0.2, 0) is 30.7 Å². The van der Waals surface area contributed by atoms with Gasteiger partial charge in [-0.15, -0.1) is 0 Å². The normalized spacial score (nSPS) is 21.7. The predicted octanol–water partition coefficient (Wildman–Crippen LogP) is 1.67. The van der Waals surface area contributed by atoms with E-state index in [4.69, 9.17) is 9.47 Å². The molecule has 7 nitrogen and oxygen atoms in total. The summed E-state index contributed by atoms with van der Waals surface area (Å²) in [6.45, 7) is 3.97. The van der Waals surface area contributed by atoms with Crippen molar-refractivity contribution in [3.05, 3.63) is 29.8 Å². The zero-order valence-corrected chi connectivity index (χ0v) is 17.5. The van der Waals surface area contributed by atoms with Gasteiger partial charge in [0.15, 0.2) is 0 Å². The molecule has 2 heterocycles. The molecule has 0 saturated carbocycles. The minimum Gasteiger partial charge on any atom is -0.381 e.